The summed E-state index contributed by atoms with van der Waals surface area (Å²) in [5.74, 6) is 1.31. The van der Waals surface area contributed by atoms with E-state index in [2.05, 4.69) is 45.1 Å². The average molecular weight is 303 g/mol. The zero-order valence-electron chi connectivity index (χ0n) is 14.3. The maximum absolute atomic E-state index is 12.0. The molecule has 0 radical (unpaired) electrons. The van der Waals surface area contributed by atoms with Gasteiger partial charge in [-0.1, -0.05) is 52.7 Å². The van der Waals surface area contributed by atoms with Crippen LogP contribution in [-0.4, -0.2) is 18.6 Å². The predicted molar refractivity (Wildman–Crippen MR) is 90.2 cm³/mol. The molecule has 0 unspecified atom stereocenters. The lowest BCUT2D eigenvalue weighted by atomic mass is 9.86. The number of carbonyl (C=O) groups excluding carboxylic acids is 1. The van der Waals surface area contributed by atoms with Gasteiger partial charge in [0.15, 0.2) is 6.61 Å². The molecule has 1 amide bonds. The first-order chi connectivity index (χ1) is 10.4. The molecule has 0 bridgehead atoms. The molecular formula is C19H29NO2. The third kappa shape index (κ3) is 4.75. The minimum absolute atomic E-state index is 0.0151. The summed E-state index contributed by atoms with van der Waals surface area (Å²) in [5, 5.41) is 3.11. The van der Waals surface area contributed by atoms with Crippen LogP contribution in [0.15, 0.2) is 24.3 Å². The zero-order valence-corrected chi connectivity index (χ0v) is 14.3. The third-order valence-electron chi connectivity index (χ3n) is 4.55. The Labute approximate surface area is 134 Å². The lowest BCUT2D eigenvalue weighted by Crippen LogP contribution is -2.43. The second-order valence-electron chi connectivity index (χ2n) is 7.50. The van der Waals surface area contributed by atoms with Crippen molar-refractivity contribution in [1.82, 2.24) is 5.32 Å². The van der Waals surface area contributed by atoms with Crippen molar-refractivity contribution in [1.29, 1.82) is 0 Å². The van der Waals surface area contributed by atoms with Gasteiger partial charge in [-0.05, 0) is 41.9 Å². The molecular weight excluding hydrogens is 274 g/mol. The molecule has 1 aromatic carbocycles. The van der Waals surface area contributed by atoms with Gasteiger partial charge in [-0.15, -0.1) is 0 Å². The van der Waals surface area contributed by atoms with E-state index in [0.717, 1.165) is 12.2 Å². The first-order valence-corrected chi connectivity index (χ1v) is 8.39. The monoisotopic (exact) mass is 303 g/mol. The number of amides is 1. The molecule has 0 aromatic heterocycles. The average Bonchev–Trinajstić information content (AvgIpc) is 2.47. The van der Waals surface area contributed by atoms with E-state index in [-0.39, 0.29) is 17.9 Å². The second-order valence-corrected chi connectivity index (χ2v) is 7.50. The van der Waals surface area contributed by atoms with Gasteiger partial charge < -0.3 is 10.1 Å². The summed E-state index contributed by atoms with van der Waals surface area (Å²) >= 11 is 0. The van der Waals surface area contributed by atoms with E-state index in [1.54, 1.807) is 0 Å². The smallest absolute Gasteiger partial charge is 0.258 e. The van der Waals surface area contributed by atoms with E-state index >= 15 is 0 Å². The van der Waals surface area contributed by atoms with Gasteiger partial charge in [0.05, 0.1) is 0 Å². The molecule has 2 atom stereocenters. The Morgan fingerprint density at radius 2 is 1.82 bits per heavy atom. The summed E-state index contributed by atoms with van der Waals surface area (Å²) in [5.41, 5.74) is 1.40. The van der Waals surface area contributed by atoms with E-state index in [4.69, 9.17) is 4.74 Å². The third-order valence-corrected chi connectivity index (χ3v) is 4.55. The minimum Gasteiger partial charge on any atom is -0.484 e. The molecule has 0 aliphatic heterocycles. The maximum Gasteiger partial charge on any atom is 0.258 e. The number of ether oxygens (including phenoxy) is 1. The fraction of sp³-hybridized carbons (Fsp3) is 0.632. The topological polar surface area (TPSA) is 38.3 Å². The van der Waals surface area contributed by atoms with Crippen LogP contribution in [0, 0.1) is 5.92 Å². The first kappa shape index (κ1) is 16.9. The van der Waals surface area contributed by atoms with Crippen molar-refractivity contribution in [3.05, 3.63) is 29.8 Å². The SMILES string of the molecule is C[C@@H]1CCCC[C@H]1NC(=O)COc1ccc(C(C)(C)C)cc1. The van der Waals surface area contributed by atoms with E-state index in [9.17, 15) is 4.79 Å². The van der Waals surface area contributed by atoms with Gasteiger partial charge >= 0.3 is 0 Å². The lowest BCUT2D eigenvalue weighted by Gasteiger charge is -2.29. The highest BCUT2D eigenvalue weighted by atomic mass is 16.5. The summed E-state index contributed by atoms with van der Waals surface area (Å²) < 4.78 is 5.60. The van der Waals surface area contributed by atoms with Crippen LogP contribution in [0.2, 0.25) is 0 Å². The number of benzene rings is 1. The largest absolute Gasteiger partial charge is 0.484 e. The van der Waals surface area contributed by atoms with Crippen LogP contribution in [0.25, 0.3) is 0 Å². The quantitative estimate of drug-likeness (QED) is 0.911. The number of rotatable bonds is 4. The number of nitrogens with one attached hydrogen (secondary N) is 1. The van der Waals surface area contributed by atoms with Crippen LogP contribution < -0.4 is 10.1 Å². The molecule has 0 saturated heterocycles. The molecule has 0 heterocycles. The molecule has 1 fully saturated rings. The Balaban J connectivity index is 1.81. The fourth-order valence-electron chi connectivity index (χ4n) is 2.98. The number of hydrogen-bond donors (Lipinski definition) is 1. The molecule has 1 aliphatic carbocycles. The Morgan fingerprint density at radius 3 is 2.41 bits per heavy atom. The van der Waals surface area contributed by atoms with Crippen LogP contribution in [0.1, 0.15) is 58.9 Å². The lowest BCUT2D eigenvalue weighted by molar-refractivity contribution is -0.124. The van der Waals surface area contributed by atoms with Crippen LogP contribution in [-0.2, 0) is 10.2 Å². The van der Waals surface area contributed by atoms with Gasteiger partial charge in [0.1, 0.15) is 5.75 Å². The Bertz CT molecular complexity index is 487. The van der Waals surface area contributed by atoms with E-state index < -0.39 is 0 Å². The molecule has 0 spiro atoms. The zero-order chi connectivity index (χ0) is 16.2. The van der Waals surface area contributed by atoms with Gasteiger partial charge in [0.25, 0.3) is 5.91 Å². The molecule has 2 rings (SSSR count). The Morgan fingerprint density at radius 1 is 1.18 bits per heavy atom. The van der Waals surface area contributed by atoms with Crippen molar-refractivity contribution in [2.75, 3.05) is 6.61 Å². The molecule has 22 heavy (non-hydrogen) atoms. The van der Waals surface area contributed by atoms with Gasteiger partial charge in [-0.2, -0.15) is 0 Å². The number of hydrogen-bond acceptors (Lipinski definition) is 2. The van der Waals surface area contributed by atoms with Crippen molar-refractivity contribution in [3.8, 4) is 5.75 Å². The minimum atomic E-state index is -0.0151. The normalized spacial score (nSPS) is 22.2. The standard InChI is InChI=1S/C19H29NO2/c1-14-7-5-6-8-17(14)20-18(21)13-22-16-11-9-15(10-12-16)19(2,3)4/h9-12,14,17H,5-8,13H2,1-4H3,(H,20,21)/t14-,17-/m1/s1. The van der Waals surface area contributed by atoms with Crippen molar-refractivity contribution in [2.45, 2.75) is 64.8 Å². The molecule has 3 nitrogen and oxygen atoms in total. The molecule has 3 heteroatoms. The fourth-order valence-corrected chi connectivity index (χ4v) is 2.98. The highest BCUT2D eigenvalue weighted by Crippen LogP contribution is 2.25. The van der Waals surface area contributed by atoms with Gasteiger partial charge in [0.2, 0.25) is 0 Å². The van der Waals surface area contributed by atoms with Crippen LogP contribution in [0.5, 0.6) is 5.75 Å². The van der Waals surface area contributed by atoms with E-state index in [0.29, 0.717) is 12.0 Å². The summed E-state index contributed by atoms with van der Waals surface area (Å²) in [6.07, 6.45) is 4.79. The van der Waals surface area contributed by atoms with E-state index in [1.165, 1.54) is 24.8 Å². The van der Waals surface area contributed by atoms with Crippen molar-refractivity contribution >= 4 is 5.91 Å². The van der Waals surface area contributed by atoms with Gasteiger partial charge in [-0.3, -0.25) is 4.79 Å². The number of carbonyl (C=O) groups is 1. The molecule has 1 saturated carbocycles. The highest BCUT2D eigenvalue weighted by molar-refractivity contribution is 5.77. The van der Waals surface area contributed by atoms with Crippen molar-refractivity contribution < 1.29 is 9.53 Å². The van der Waals surface area contributed by atoms with Crippen molar-refractivity contribution in [3.63, 3.8) is 0 Å². The summed E-state index contributed by atoms with van der Waals surface area (Å²) in [6.45, 7) is 8.86. The van der Waals surface area contributed by atoms with Crippen LogP contribution >= 0.6 is 0 Å². The second kappa shape index (κ2) is 7.17. The molecule has 122 valence electrons. The Hall–Kier alpha value is -1.51. The molecule has 1 N–H and O–H groups in total. The first-order valence-electron chi connectivity index (χ1n) is 8.39. The highest BCUT2D eigenvalue weighted by Gasteiger charge is 2.22. The van der Waals surface area contributed by atoms with Gasteiger partial charge in [0, 0.05) is 6.04 Å². The summed E-state index contributed by atoms with van der Waals surface area (Å²) in [7, 11) is 0. The van der Waals surface area contributed by atoms with Crippen LogP contribution in [0.4, 0.5) is 0 Å². The van der Waals surface area contributed by atoms with E-state index in [1.807, 2.05) is 12.1 Å². The Kier molecular flexibility index (Phi) is 5.49. The maximum atomic E-state index is 12.0. The molecule has 1 aromatic rings. The van der Waals surface area contributed by atoms with Gasteiger partial charge in [-0.25, -0.2) is 0 Å². The summed E-state index contributed by atoms with van der Waals surface area (Å²) in [6, 6.07) is 8.33. The summed E-state index contributed by atoms with van der Waals surface area (Å²) in [4.78, 5) is 12.0. The van der Waals surface area contributed by atoms with Crippen molar-refractivity contribution in [2.24, 2.45) is 5.92 Å². The predicted octanol–water partition coefficient (Wildman–Crippen LogP) is 4.06. The molecule has 1 aliphatic rings. The van der Waals surface area contributed by atoms with Crippen LogP contribution in [0.3, 0.4) is 0 Å².